The molecule has 3 rings (SSSR count). The number of aromatic carboxylic acids is 1. The number of carboxylic acids is 1. The van der Waals surface area contributed by atoms with Gasteiger partial charge in [0.05, 0.1) is 11.3 Å². The molecule has 0 spiro atoms. The van der Waals surface area contributed by atoms with E-state index in [0.717, 1.165) is 37.6 Å². The number of piperazine rings is 1. The quantitative estimate of drug-likeness (QED) is 0.925. The Labute approximate surface area is 146 Å². The average molecular weight is 343 g/mol. The SMILES string of the molecule is CN1CCN(c2ccc(C(=O)O)c(N(C)c3ccc(F)cc3)c2)CC1. The van der Waals surface area contributed by atoms with Crippen molar-refractivity contribution in [3.8, 4) is 0 Å². The molecule has 0 atom stereocenters. The molecule has 1 aliphatic rings. The second kappa shape index (κ2) is 7.11. The van der Waals surface area contributed by atoms with E-state index in [1.165, 1.54) is 12.1 Å². The Morgan fingerprint density at radius 1 is 1.08 bits per heavy atom. The summed E-state index contributed by atoms with van der Waals surface area (Å²) in [5, 5.41) is 9.53. The van der Waals surface area contributed by atoms with Crippen molar-refractivity contribution >= 4 is 23.0 Å². The molecule has 25 heavy (non-hydrogen) atoms. The number of carbonyl (C=O) groups is 1. The van der Waals surface area contributed by atoms with Crippen LogP contribution in [0.5, 0.6) is 0 Å². The zero-order chi connectivity index (χ0) is 18.0. The predicted octanol–water partition coefficient (Wildman–Crippen LogP) is 3.04. The van der Waals surface area contributed by atoms with Crippen LogP contribution < -0.4 is 9.80 Å². The Kier molecular flexibility index (Phi) is 4.90. The zero-order valence-electron chi connectivity index (χ0n) is 14.4. The molecule has 0 bridgehead atoms. The summed E-state index contributed by atoms with van der Waals surface area (Å²) in [6, 6.07) is 11.4. The van der Waals surface area contributed by atoms with Crippen LogP contribution >= 0.6 is 0 Å². The van der Waals surface area contributed by atoms with Crippen LogP contribution in [0, 0.1) is 5.82 Å². The molecule has 0 unspecified atom stereocenters. The van der Waals surface area contributed by atoms with Gasteiger partial charge in [-0.05, 0) is 49.5 Å². The van der Waals surface area contributed by atoms with Gasteiger partial charge in [0.15, 0.2) is 0 Å². The second-order valence-electron chi connectivity index (χ2n) is 6.33. The summed E-state index contributed by atoms with van der Waals surface area (Å²) in [4.78, 5) is 17.9. The van der Waals surface area contributed by atoms with Crippen molar-refractivity contribution in [3.05, 3.63) is 53.8 Å². The highest BCUT2D eigenvalue weighted by molar-refractivity contribution is 5.96. The average Bonchev–Trinajstić information content (AvgIpc) is 2.62. The molecule has 0 aromatic heterocycles. The summed E-state index contributed by atoms with van der Waals surface area (Å²) < 4.78 is 13.2. The third-order valence-electron chi connectivity index (χ3n) is 4.66. The minimum absolute atomic E-state index is 0.227. The Bertz CT molecular complexity index is 756. The fraction of sp³-hybridized carbons (Fsp3) is 0.316. The van der Waals surface area contributed by atoms with Crippen LogP contribution in [0.1, 0.15) is 10.4 Å². The third-order valence-corrected chi connectivity index (χ3v) is 4.66. The highest BCUT2D eigenvalue weighted by Gasteiger charge is 2.19. The third kappa shape index (κ3) is 3.74. The first-order valence-corrected chi connectivity index (χ1v) is 8.26. The highest BCUT2D eigenvalue weighted by Crippen LogP contribution is 2.31. The van der Waals surface area contributed by atoms with Gasteiger partial charge in [-0.25, -0.2) is 9.18 Å². The molecule has 6 heteroatoms. The minimum Gasteiger partial charge on any atom is -0.478 e. The monoisotopic (exact) mass is 343 g/mol. The largest absolute Gasteiger partial charge is 0.478 e. The molecule has 1 heterocycles. The van der Waals surface area contributed by atoms with E-state index in [-0.39, 0.29) is 11.4 Å². The molecule has 0 amide bonds. The van der Waals surface area contributed by atoms with Crippen LogP contribution in [0.3, 0.4) is 0 Å². The molecule has 0 saturated carbocycles. The summed E-state index contributed by atoms with van der Waals surface area (Å²) >= 11 is 0. The number of anilines is 3. The molecular formula is C19H22FN3O2. The number of rotatable bonds is 4. The van der Waals surface area contributed by atoms with Crippen LogP contribution in [-0.4, -0.2) is 56.3 Å². The molecule has 1 N–H and O–H groups in total. The van der Waals surface area contributed by atoms with E-state index < -0.39 is 5.97 Å². The van der Waals surface area contributed by atoms with Gasteiger partial charge in [0.1, 0.15) is 5.82 Å². The van der Waals surface area contributed by atoms with Crippen molar-refractivity contribution in [3.63, 3.8) is 0 Å². The Morgan fingerprint density at radius 3 is 2.32 bits per heavy atom. The van der Waals surface area contributed by atoms with Gasteiger partial charge in [-0.1, -0.05) is 0 Å². The van der Waals surface area contributed by atoms with Crippen molar-refractivity contribution in [2.45, 2.75) is 0 Å². The Morgan fingerprint density at radius 2 is 1.72 bits per heavy atom. The second-order valence-corrected chi connectivity index (χ2v) is 6.33. The lowest BCUT2D eigenvalue weighted by Crippen LogP contribution is -2.44. The molecule has 1 fully saturated rings. The number of carboxylic acid groups (broad SMARTS) is 1. The number of halogens is 1. The number of hydrogen-bond donors (Lipinski definition) is 1. The van der Waals surface area contributed by atoms with E-state index in [4.69, 9.17) is 0 Å². The van der Waals surface area contributed by atoms with Crippen molar-refractivity contribution < 1.29 is 14.3 Å². The van der Waals surface area contributed by atoms with Gasteiger partial charge in [-0.15, -0.1) is 0 Å². The number of benzene rings is 2. The van der Waals surface area contributed by atoms with Crippen molar-refractivity contribution in [2.75, 3.05) is 50.1 Å². The lowest BCUT2D eigenvalue weighted by atomic mass is 10.1. The van der Waals surface area contributed by atoms with Crippen molar-refractivity contribution in [1.82, 2.24) is 4.90 Å². The van der Waals surface area contributed by atoms with Gasteiger partial charge in [-0.2, -0.15) is 0 Å². The predicted molar refractivity (Wildman–Crippen MR) is 97.6 cm³/mol. The lowest BCUT2D eigenvalue weighted by molar-refractivity contribution is 0.0697. The first kappa shape index (κ1) is 17.2. The topological polar surface area (TPSA) is 47.0 Å². The minimum atomic E-state index is -0.978. The van der Waals surface area contributed by atoms with E-state index in [1.807, 2.05) is 12.1 Å². The van der Waals surface area contributed by atoms with E-state index >= 15 is 0 Å². The van der Waals surface area contributed by atoms with Gasteiger partial charge in [0, 0.05) is 44.6 Å². The summed E-state index contributed by atoms with van der Waals surface area (Å²) in [5.74, 6) is -1.30. The molecule has 0 radical (unpaired) electrons. The van der Waals surface area contributed by atoms with Crippen LogP contribution in [-0.2, 0) is 0 Å². The normalized spacial score (nSPS) is 15.2. The molecule has 1 saturated heterocycles. The van der Waals surface area contributed by atoms with Crippen LogP contribution in [0.15, 0.2) is 42.5 Å². The van der Waals surface area contributed by atoms with Gasteiger partial charge in [-0.3, -0.25) is 0 Å². The molecule has 0 aliphatic carbocycles. The first-order valence-electron chi connectivity index (χ1n) is 8.26. The van der Waals surface area contributed by atoms with E-state index in [0.29, 0.717) is 5.69 Å². The van der Waals surface area contributed by atoms with Crippen LogP contribution in [0.2, 0.25) is 0 Å². The summed E-state index contributed by atoms with van der Waals surface area (Å²) in [6.07, 6.45) is 0. The van der Waals surface area contributed by atoms with Crippen LogP contribution in [0.4, 0.5) is 21.5 Å². The molecule has 5 nitrogen and oxygen atoms in total. The molecule has 1 aliphatic heterocycles. The summed E-state index contributed by atoms with van der Waals surface area (Å²) in [5.41, 5.74) is 2.56. The van der Waals surface area contributed by atoms with Gasteiger partial charge >= 0.3 is 5.97 Å². The standard InChI is InChI=1S/C19H22FN3O2/c1-21-9-11-23(12-10-21)16-7-8-17(19(24)25)18(13-16)22(2)15-5-3-14(20)4-6-15/h3-8,13H,9-12H2,1-2H3,(H,24,25). The van der Waals surface area contributed by atoms with Crippen LogP contribution in [0.25, 0.3) is 0 Å². The summed E-state index contributed by atoms with van der Waals surface area (Å²) in [7, 11) is 3.89. The molecular weight excluding hydrogens is 321 g/mol. The fourth-order valence-electron chi connectivity index (χ4n) is 3.04. The fourth-order valence-corrected chi connectivity index (χ4v) is 3.04. The van der Waals surface area contributed by atoms with E-state index in [2.05, 4.69) is 16.8 Å². The molecule has 2 aromatic rings. The number of nitrogens with zero attached hydrogens (tertiary/aromatic N) is 3. The molecule has 2 aromatic carbocycles. The van der Waals surface area contributed by atoms with E-state index in [9.17, 15) is 14.3 Å². The van der Waals surface area contributed by atoms with Gasteiger partial charge in [0.25, 0.3) is 0 Å². The number of likely N-dealkylation sites (N-methyl/N-ethyl adjacent to an activating group) is 1. The first-order chi connectivity index (χ1) is 12.0. The Balaban J connectivity index is 1.96. The Hall–Kier alpha value is -2.60. The van der Waals surface area contributed by atoms with Gasteiger partial charge < -0.3 is 19.8 Å². The van der Waals surface area contributed by atoms with Crippen molar-refractivity contribution in [2.24, 2.45) is 0 Å². The van der Waals surface area contributed by atoms with E-state index in [1.54, 1.807) is 30.1 Å². The zero-order valence-corrected chi connectivity index (χ0v) is 14.4. The smallest absolute Gasteiger partial charge is 0.337 e. The molecule has 132 valence electrons. The summed E-state index contributed by atoms with van der Waals surface area (Å²) in [6.45, 7) is 3.76. The van der Waals surface area contributed by atoms with Gasteiger partial charge in [0.2, 0.25) is 0 Å². The maximum Gasteiger partial charge on any atom is 0.337 e. The maximum atomic E-state index is 13.2. The van der Waals surface area contributed by atoms with Crippen molar-refractivity contribution in [1.29, 1.82) is 0 Å². The highest BCUT2D eigenvalue weighted by atomic mass is 19.1. The maximum absolute atomic E-state index is 13.2. The number of hydrogen-bond acceptors (Lipinski definition) is 4. The lowest BCUT2D eigenvalue weighted by Gasteiger charge is -2.34.